The van der Waals surface area contributed by atoms with Crippen molar-refractivity contribution in [1.82, 2.24) is 25.2 Å². The van der Waals surface area contributed by atoms with Crippen LogP contribution in [0.25, 0.3) is 11.0 Å². The van der Waals surface area contributed by atoms with Crippen LogP contribution < -0.4 is 5.32 Å². The second-order valence-corrected chi connectivity index (χ2v) is 6.71. The van der Waals surface area contributed by atoms with E-state index < -0.39 is 6.61 Å². The summed E-state index contributed by atoms with van der Waals surface area (Å²) in [7, 11) is 0. The Morgan fingerprint density at radius 3 is 2.83 bits per heavy atom. The van der Waals surface area contributed by atoms with Crippen molar-refractivity contribution in [1.29, 1.82) is 0 Å². The van der Waals surface area contributed by atoms with Crippen LogP contribution in [0.5, 0.6) is 0 Å². The van der Waals surface area contributed by atoms with E-state index in [9.17, 15) is 9.18 Å². The molecule has 1 aliphatic heterocycles. The Balaban J connectivity index is 1.37. The van der Waals surface area contributed by atoms with Crippen LogP contribution in [0.15, 0.2) is 12.5 Å². The van der Waals surface area contributed by atoms with E-state index >= 15 is 0 Å². The molecule has 0 radical (unpaired) electrons. The number of nitrogens with zero attached hydrogens (tertiary/aromatic N) is 3. The number of aromatic amines is 1. The summed E-state index contributed by atoms with van der Waals surface area (Å²) in [6.45, 7) is 1.54. The minimum Gasteiger partial charge on any atom is -0.387 e. The zero-order valence-corrected chi connectivity index (χ0v) is 13.2. The number of carbonyl (C=O) groups excluding carboxylic acids is 1. The molecule has 2 fully saturated rings. The maximum absolute atomic E-state index is 13.9. The van der Waals surface area contributed by atoms with E-state index in [-0.39, 0.29) is 11.7 Å². The fourth-order valence-electron chi connectivity index (χ4n) is 4.13. The lowest BCUT2D eigenvalue weighted by molar-refractivity contribution is -0.133. The van der Waals surface area contributed by atoms with Crippen molar-refractivity contribution in [2.45, 2.75) is 25.4 Å². The molecule has 3 heterocycles. The second kappa shape index (κ2) is 6.10. The normalized spacial score (nSPS) is 26.2. The first-order valence-corrected chi connectivity index (χ1v) is 8.24. The highest BCUT2D eigenvalue weighted by molar-refractivity contribution is 5.78. The first-order valence-electron chi connectivity index (χ1n) is 8.24. The van der Waals surface area contributed by atoms with Gasteiger partial charge >= 0.3 is 0 Å². The number of carbonyl (C=O) groups is 1. The van der Waals surface area contributed by atoms with Crippen molar-refractivity contribution >= 4 is 16.9 Å². The number of aliphatic hydroxyl groups excluding tert-OH is 1. The molecular formula is C16H20FN5O2. The molecule has 2 aromatic rings. The Hall–Kier alpha value is -2.06. The third kappa shape index (κ3) is 2.65. The number of likely N-dealkylation sites (tertiary alicyclic amines) is 1. The summed E-state index contributed by atoms with van der Waals surface area (Å²) in [5, 5.41) is 12.9. The summed E-state index contributed by atoms with van der Waals surface area (Å²) in [5.41, 5.74) is 1.17. The van der Waals surface area contributed by atoms with Gasteiger partial charge in [0.15, 0.2) is 5.82 Å². The molecule has 1 saturated carbocycles. The predicted octanol–water partition coefficient (Wildman–Crippen LogP) is 0.416. The lowest BCUT2D eigenvalue weighted by Crippen LogP contribution is -2.34. The van der Waals surface area contributed by atoms with Gasteiger partial charge in [-0.2, -0.15) is 0 Å². The minimum atomic E-state index is -0.410. The van der Waals surface area contributed by atoms with Crippen LogP contribution in [-0.2, 0) is 11.3 Å². The number of rotatable bonds is 4. The molecule has 1 saturated heterocycles. The number of nitrogens with one attached hydrogen (secondary N) is 2. The van der Waals surface area contributed by atoms with Gasteiger partial charge in [-0.1, -0.05) is 0 Å². The lowest BCUT2D eigenvalue weighted by atomic mass is 10.0. The third-order valence-corrected chi connectivity index (χ3v) is 5.30. The Morgan fingerprint density at radius 2 is 2.12 bits per heavy atom. The average Bonchev–Trinajstić information content (AvgIpc) is 3.25. The SMILES string of the molecule is O=C(CO)N1C[C@H]2C[C@@H](NCc3ncnc4[nH]cc(F)c34)C[C@H]2C1. The summed E-state index contributed by atoms with van der Waals surface area (Å²) < 4.78 is 13.9. The van der Waals surface area contributed by atoms with E-state index in [4.69, 9.17) is 5.11 Å². The van der Waals surface area contributed by atoms with Crippen LogP contribution in [0, 0.1) is 17.7 Å². The summed E-state index contributed by atoms with van der Waals surface area (Å²) in [5.74, 6) is 0.448. The van der Waals surface area contributed by atoms with Crippen LogP contribution in [0.2, 0.25) is 0 Å². The van der Waals surface area contributed by atoms with E-state index in [0.29, 0.717) is 41.1 Å². The molecule has 1 amide bonds. The molecule has 0 spiro atoms. The predicted molar refractivity (Wildman–Crippen MR) is 84.4 cm³/mol. The summed E-state index contributed by atoms with van der Waals surface area (Å²) >= 11 is 0. The van der Waals surface area contributed by atoms with Crippen molar-refractivity contribution in [3.63, 3.8) is 0 Å². The van der Waals surface area contributed by atoms with Gasteiger partial charge in [-0.15, -0.1) is 0 Å². The van der Waals surface area contributed by atoms with Crippen LogP contribution in [0.1, 0.15) is 18.5 Å². The fraction of sp³-hybridized carbons (Fsp3) is 0.562. The highest BCUT2D eigenvalue weighted by Crippen LogP contribution is 2.38. The van der Waals surface area contributed by atoms with Crippen LogP contribution in [-0.4, -0.2) is 56.6 Å². The molecule has 4 rings (SSSR count). The molecule has 1 aliphatic carbocycles. The van der Waals surface area contributed by atoms with Crippen molar-refractivity contribution in [2.75, 3.05) is 19.7 Å². The Morgan fingerprint density at radius 1 is 1.38 bits per heavy atom. The maximum Gasteiger partial charge on any atom is 0.248 e. The summed E-state index contributed by atoms with van der Waals surface area (Å²) in [6.07, 6.45) is 4.72. The van der Waals surface area contributed by atoms with Crippen LogP contribution in [0.4, 0.5) is 4.39 Å². The molecule has 0 unspecified atom stereocenters. The third-order valence-electron chi connectivity index (χ3n) is 5.30. The first-order chi connectivity index (χ1) is 11.7. The molecule has 8 heteroatoms. The van der Waals surface area contributed by atoms with Gasteiger partial charge in [0.05, 0.1) is 11.1 Å². The monoisotopic (exact) mass is 333 g/mol. The smallest absolute Gasteiger partial charge is 0.248 e. The van der Waals surface area contributed by atoms with Gasteiger partial charge in [0, 0.05) is 31.9 Å². The van der Waals surface area contributed by atoms with Crippen molar-refractivity contribution < 1.29 is 14.3 Å². The Bertz CT molecular complexity index is 750. The molecule has 3 atom stereocenters. The van der Waals surface area contributed by atoms with E-state index in [1.54, 1.807) is 4.90 Å². The van der Waals surface area contributed by atoms with Gasteiger partial charge in [-0.05, 0) is 24.7 Å². The van der Waals surface area contributed by atoms with E-state index in [1.807, 2.05) is 0 Å². The van der Waals surface area contributed by atoms with Gasteiger partial charge < -0.3 is 20.3 Å². The topological polar surface area (TPSA) is 94.1 Å². The maximum atomic E-state index is 13.9. The van der Waals surface area contributed by atoms with Crippen molar-refractivity contribution in [2.24, 2.45) is 11.8 Å². The zero-order valence-electron chi connectivity index (χ0n) is 13.2. The molecule has 3 N–H and O–H groups in total. The number of fused-ring (bicyclic) bond motifs is 2. The highest BCUT2D eigenvalue weighted by atomic mass is 19.1. The number of amides is 1. The van der Waals surface area contributed by atoms with E-state index in [1.165, 1.54) is 12.5 Å². The van der Waals surface area contributed by atoms with Gasteiger partial charge in [0.2, 0.25) is 5.91 Å². The average molecular weight is 333 g/mol. The van der Waals surface area contributed by atoms with E-state index in [0.717, 1.165) is 25.9 Å². The number of hydrogen-bond acceptors (Lipinski definition) is 5. The van der Waals surface area contributed by atoms with Crippen LogP contribution in [0.3, 0.4) is 0 Å². The molecular weight excluding hydrogens is 313 g/mol. The lowest BCUT2D eigenvalue weighted by Gasteiger charge is -2.19. The number of halogens is 1. The highest BCUT2D eigenvalue weighted by Gasteiger charge is 2.41. The van der Waals surface area contributed by atoms with Crippen molar-refractivity contribution in [3.8, 4) is 0 Å². The van der Waals surface area contributed by atoms with Gasteiger partial charge in [-0.3, -0.25) is 4.79 Å². The quantitative estimate of drug-likeness (QED) is 0.754. The summed E-state index contributed by atoms with van der Waals surface area (Å²) in [6, 6.07) is 0.346. The molecule has 2 aromatic heterocycles. The molecule has 0 aromatic carbocycles. The summed E-state index contributed by atoms with van der Waals surface area (Å²) in [4.78, 5) is 24.4. The minimum absolute atomic E-state index is 0.180. The molecule has 0 bridgehead atoms. The number of H-pyrrole nitrogens is 1. The number of hydrogen-bond donors (Lipinski definition) is 3. The number of aromatic nitrogens is 3. The molecule has 128 valence electrons. The van der Waals surface area contributed by atoms with Gasteiger partial charge in [0.1, 0.15) is 18.6 Å². The zero-order chi connectivity index (χ0) is 16.7. The van der Waals surface area contributed by atoms with Crippen molar-refractivity contribution in [3.05, 3.63) is 24.0 Å². The number of aliphatic hydroxyl groups is 1. The molecule has 7 nitrogen and oxygen atoms in total. The first kappa shape index (κ1) is 15.5. The molecule has 24 heavy (non-hydrogen) atoms. The van der Waals surface area contributed by atoms with Crippen LogP contribution >= 0.6 is 0 Å². The molecule has 2 aliphatic rings. The Kier molecular flexibility index (Phi) is 3.93. The van der Waals surface area contributed by atoms with Gasteiger partial charge in [0.25, 0.3) is 0 Å². The van der Waals surface area contributed by atoms with E-state index in [2.05, 4.69) is 20.3 Å². The second-order valence-electron chi connectivity index (χ2n) is 6.71. The fourth-order valence-corrected chi connectivity index (χ4v) is 4.13. The van der Waals surface area contributed by atoms with Gasteiger partial charge in [-0.25, -0.2) is 14.4 Å². The standard InChI is InChI=1S/C16H20FN5O2/c17-12-3-19-16-15(12)13(20-8-21-16)4-18-11-1-9-5-22(14(24)7-23)6-10(9)2-11/h3,8-11,18,23H,1-2,4-7H2,(H,19,20,21)/t9-,10+,11-. The Labute approximate surface area is 138 Å². The largest absolute Gasteiger partial charge is 0.387 e.